The lowest BCUT2D eigenvalue weighted by Gasteiger charge is -2.42. The van der Waals surface area contributed by atoms with Crippen LogP contribution in [0.5, 0.6) is 0 Å². The largest absolute Gasteiger partial charge is 0.370 e. The molecule has 36 heavy (non-hydrogen) atoms. The van der Waals surface area contributed by atoms with Gasteiger partial charge in [-0.25, -0.2) is 9.97 Å². The lowest BCUT2D eigenvalue weighted by atomic mass is 9.74. The van der Waals surface area contributed by atoms with Crippen LogP contribution in [0, 0.1) is 11.3 Å². The van der Waals surface area contributed by atoms with Gasteiger partial charge in [0.1, 0.15) is 0 Å². The molecule has 3 rings (SSSR count). The first kappa shape index (κ1) is 27.6. The Morgan fingerprint density at radius 1 is 1.11 bits per heavy atom. The molecule has 0 bridgehead atoms. The minimum atomic E-state index is -0.506. The van der Waals surface area contributed by atoms with Crippen molar-refractivity contribution in [1.82, 2.24) is 20.6 Å². The van der Waals surface area contributed by atoms with Gasteiger partial charge in [-0.3, -0.25) is 14.5 Å². The van der Waals surface area contributed by atoms with E-state index >= 15 is 0 Å². The lowest BCUT2D eigenvalue weighted by Crippen LogP contribution is -2.54. The molecule has 0 aliphatic heterocycles. The first-order chi connectivity index (χ1) is 17.1. The molecule has 196 valence electrons. The second-order valence-electron chi connectivity index (χ2n) is 11.2. The third-order valence-electron chi connectivity index (χ3n) is 7.27. The molecular formula is C28H42N6O2. The van der Waals surface area contributed by atoms with Crippen LogP contribution in [-0.2, 0) is 22.6 Å². The number of benzene rings is 1. The van der Waals surface area contributed by atoms with E-state index in [1.54, 1.807) is 19.4 Å². The molecule has 8 nitrogen and oxygen atoms in total. The Morgan fingerprint density at radius 2 is 1.72 bits per heavy atom. The molecule has 0 spiro atoms. The molecule has 2 aromatic rings. The van der Waals surface area contributed by atoms with E-state index in [0.29, 0.717) is 18.4 Å². The highest BCUT2D eigenvalue weighted by Crippen LogP contribution is 2.35. The summed E-state index contributed by atoms with van der Waals surface area (Å²) in [7, 11) is 5.68. The maximum atomic E-state index is 12.5. The number of hydrogen-bond acceptors (Lipinski definition) is 6. The zero-order valence-electron chi connectivity index (χ0n) is 22.7. The van der Waals surface area contributed by atoms with Crippen LogP contribution in [0.15, 0.2) is 36.7 Å². The maximum absolute atomic E-state index is 12.5. The van der Waals surface area contributed by atoms with E-state index in [0.717, 1.165) is 50.7 Å². The molecule has 0 radical (unpaired) electrons. The molecule has 2 amide bonds. The molecule has 1 aliphatic carbocycles. The number of nitrogens with zero attached hydrogens (tertiary/aromatic N) is 4. The number of hydrogen-bond donors (Lipinski definition) is 2. The van der Waals surface area contributed by atoms with E-state index in [1.807, 2.05) is 34.9 Å². The first-order valence-corrected chi connectivity index (χ1v) is 12.8. The number of amides is 2. The van der Waals surface area contributed by atoms with Crippen molar-refractivity contribution < 1.29 is 9.59 Å². The summed E-state index contributed by atoms with van der Waals surface area (Å²) in [6, 6.07) is 8.66. The summed E-state index contributed by atoms with van der Waals surface area (Å²) in [5, 5.41) is 6.42. The standard InChI is InChI=1S/C28H42N6O2/c1-27(2,3)25(36)34(6)26-30-17-24(18-31-26)33(5)19-28(32-20-35)13-11-21(12-14-28)15-22-9-7-8-10-23(22)16-29-4/h7-10,17-18,20-21,29H,11-16,19H2,1-6H3,(H,32,35). The van der Waals surface area contributed by atoms with Gasteiger partial charge in [-0.2, -0.15) is 0 Å². The molecule has 1 heterocycles. The van der Waals surface area contributed by atoms with E-state index in [-0.39, 0.29) is 11.4 Å². The van der Waals surface area contributed by atoms with Crippen LogP contribution >= 0.6 is 0 Å². The average Bonchev–Trinajstić information content (AvgIpc) is 2.85. The Balaban J connectivity index is 1.63. The second-order valence-corrected chi connectivity index (χ2v) is 11.2. The van der Waals surface area contributed by atoms with Crippen molar-refractivity contribution in [2.24, 2.45) is 11.3 Å². The van der Waals surface area contributed by atoms with Crippen LogP contribution in [-0.4, -0.2) is 55.5 Å². The van der Waals surface area contributed by atoms with Crippen molar-refractivity contribution in [2.45, 2.75) is 65.0 Å². The number of rotatable bonds is 10. The number of aromatic nitrogens is 2. The number of nitrogens with one attached hydrogen (secondary N) is 2. The molecule has 1 aromatic carbocycles. The zero-order valence-corrected chi connectivity index (χ0v) is 22.7. The summed E-state index contributed by atoms with van der Waals surface area (Å²) in [6.07, 6.45) is 9.38. The lowest BCUT2D eigenvalue weighted by molar-refractivity contribution is -0.125. The fourth-order valence-electron chi connectivity index (χ4n) is 5.16. The summed E-state index contributed by atoms with van der Waals surface area (Å²) in [4.78, 5) is 36.6. The van der Waals surface area contributed by atoms with Gasteiger partial charge in [0.2, 0.25) is 18.3 Å². The maximum Gasteiger partial charge on any atom is 0.234 e. The quantitative estimate of drug-likeness (QED) is 0.491. The zero-order chi connectivity index (χ0) is 26.3. The molecule has 0 atom stereocenters. The summed E-state index contributed by atoms with van der Waals surface area (Å²) in [5.74, 6) is 0.948. The molecule has 0 unspecified atom stereocenters. The minimum absolute atomic E-state index is 0.0388. The topological polar surface area (TPSA) is 90.5 Å². The summed E-state index contributed by atoms with van der Waals surface area (Å²) in [5.41, 5.74) is 2.84. The van der Waals surface area contributed by atoms with Crippen LogP contribution in [0.3, 0.4) is 0 Å². The molecule has 8 heteroatoms. The molecule has 1 fully saturated rings. The predicted octanol–water partition coefficient (Wildman–Crippen LogP) is 3.56. The predicted molar refractivity (Wildman–Crippen MR) is 145 cm³/mol. The van der Waals surface area contributed by atoms with Crippen molar-refractivity contribution in [3.63, 3.8) is 0 Å². The van der Waals surface area contributed by atoms with Crippen LogP contribution < -0.4 is 20.4 Å². The average molecular weight is 495 g/mol. The van der Waals surface area contributed by atoms with Gasteiger partial charge in [0.25, 0.3) is 0 Å². The number of carbonyl (C=O) groups excluding carboxylic acids is 2. The fraction of sp³-hybridized carbons (Fsp3) is 0.571. The van der Waals surface area contributed by atoms with Gasteiger partial charge in [0.15, 0.2) is 0 Å². The van der Waals surface area contributed by atoms with Gasteiger partial charge in [0, 0.05) is 32.6 Å². The summed E-state index contributed by atoms with van der Waals surface area (Å²) >= 11 is 0. The SMILES string of the molecule is CNCc1ccccc1CC1CCC(CN(C)c2cnc(N(C)C(=O)C(C)(C)C)nc2)(NC=O)CC1. The number of anilines is 2. The van der Waals surface area contributed by atoms with Crippen LogP contribution in [0.4, 0.5) is 11.6 Å². The van der Waals surface area contributed by atoms with Crippen molar-refractivity contribution in [2.75, 3.05) is 37.5 Å². The van der Waals surface area contributed by atoms with Crippen LogP contribution in [0.2, 0.25) is 0 Å². The third kappa shape index (κ3) is 6.81. The molecule has 1 aliphatic rings. The number of carbonyl (C=O) groups is 2. The van der Waals surface area contributed by atoms with Crippen LogP contribution in [0.1, 0.15) is 57.6 Å². The Kier molecular flexibility index (Phi) is 9.06. The third-order valence-corrected chi connectivity index (χ3v) is 7.27. The van der Waals surface area contributed by atoms with Gasteiger partial charge >= 0.3 is 0 Å². The fourth-order valence-corrected chi connectivity index (χ4v) is 5.16. The first-order valence-electron chi connectivity index (χ1n) is 12.8. The Labute approximate surface area is 215 Å². The van der Waals surface area contributed by atoms with Crippen molar-refractivity contribution in [3.05, 3.63) is 47.8 Å². The van der Waals surface area contributed by atoms with E-state index < -0.39 is 5.41 Å². The normalized spacial score (nSPS) is 20.0. The highest BCUT2D eigenvalue weighted by molar-refractivity contribution is 5.94. The van der Waals surface area contributed by atoms with Crippen molar-refractivity contribution in [3.8, 4) is 0 Å². The Morgan fingerprint density at radius 3 is 2.28 bits per heavy atom. The van der Waals surface area contributed by atoms with Gasteiger partial charge in [-0.15, -0.1) is 0 Å². The molecule has 2 N–H and O–H groups in total. The van der Waals surface area contributed by atoms with Crippen molar-refractivity contribution in [1.29, 1.82) is 0 Å². The van der Waals surface area contributed by atoms with E-state index in [9.17, 15) is 9.59 Å². The monoisotopic (exact) mass is 494 g/mol. The molecule has 0 saturated heterocycles. The Bertz CT molecular complexity index is 1010. The van der Waals surface area contributed by atoms with E-state index in [2.05, 4.69) is 49.8 Å². The highest BCUT2D eigenvalue weighted by Gasteiger charge is 2.36. The summed E-state index contributed by atoms with van der Waals surface area (Å²) in [6.45, 7) is 7.19. The molecule has 1 aromatic heterocycles. The van der Waals surface area contributed by atoms with Gasteiger partial charge < -0.3 is 15.5 Å². The summed E-state index contributed by atoms with van der Waals surface area (Å²) < 4.78 is 0. The smallest absolute Gasteiger partial charge is 0.234 e. The Hall–Kier alpha value is -3.00. The van der Waals surface area contributed by atoms with E-state index in [4.69, 9.17) is 0 Å². The van der Waals surface area contributed by atoms with Crippen LogP contribution in [0.25, 0.3) is 0 Å². The van der Waals surface area contributed by atoms with Gasteiger partial charge in [-0.1, -0.05) is 45.0 Å². The molecular weight excluding hydrogens is 452 g/mol. The van der Waals surface area contributed by atoms with Gasteiger partial charge in [-0.05, 0) is 56.2 Å². The second kappa shape index (κ2) is 11.8. The van der Waals surface area contributed by atoms with Crippen molar-refractivity contribution >= 4 is 24.0 Å². The highest BCUT2D eigenvalue weighted by atomic mass is 16.2. The minimum Gasteiger partial charge on any atom is -0.370 e. The van der Waals surface area contributed by atoms with Gasteiger partial charge in [0.05, 0.1) is 23.6 Å². The van der Waals surface area contributed by atoms with E-state index in [1.165, 1.54) is 16.0 Å². The number of likely N-dealkylation sites (N-methyl/N-ethyl adjacent to an activating group) is 1. The molecule has 1 saturated carbocycles.